The first-order valence-corrected chi connectivity index (χ1v) is 12.3. The van der Waals surface area contributed by atoms with Crippen molar-refractivity contribution in [2.75, 3.05) is 50.0 Å². The first-order valence-electron chi connectivity index (χ1n) is 10.1. The van der Waals surface area contributed by atoms with Crippen LogP contribution in [0.15, 0.2) is 47.4 Å². The molecular formula is C22H23ClFN3O2S2. The van der Waals surface area contributed by atoms with Crippen molar-refractivity contribution in [2.45, 2.75) is 11.3 Å². The van der Waals surface area contributed by atoms with E-state index in [2.05, 4.69) is 9.88 Å². The number of rotatable bonds is 8. The minimum Gasteiger partial charge on any atom is -0.379 e. The van der Waals surface area contributed by atoms with Gasteiger partial charge >= 0.3 is 0 Å². The van der Waals surface area contributed by atoms with Gasteiger partial charge in [-0.25, -0.2) is 9.37 Å². The van der Waals surface area contributed by atoms with Crippen molar-refractivity contribution in [1.29, 1.82) is 0 Å². The minimum absolute atomic E-state index is 0.0225. The number of thiazole rings is 1. The SMILES string of the molecule is O=C(CCSc1ccc(Cl)cc1)N(CCN1CCOCC1)c1nc2ccc(F)cc2s1. The lowest BCUT2D eigenvalue weighted by Gasteiger charge is -2.29. The van der Waals surface area contributed by atoms with Crippen LogP contribution in [0, 0.1) is 5.82 Å². The van der Waals surface area contributed by atoms with Gasteiger partial charge in [0.2, 0.25) is 5.91 Å². The Morgan fingerprint density at radius 1 is 1.23 bits per heavy atom. The van der Waals surface area contributed by atoms with Crippen LogP contribution in [0.1, 0.15) is 6.42 Å². The first kappa shape index (κ1) is 22.5. The molecule has 1 saturated heterocycles. The summed E-state index contributed by atoms with van der Waals surface area (Å²) in [5.41, 5.74) is 0.709. The fourth-order valence-electron chi connectivity index (χ4n) is 3.32. The second-order valence-electron chi connectivity index (χ2n) is 7.16. The van der Waals surface area contributed by atoms with Gasteiger partial charge in [-0.05, 0) is 42.5 Å². The maximum absolute atomic E-state index is 13.6. The molecule has 2 heterocycles. The Kier molecular flexibility index (Phi) is 7.79. The Morgan fingerprint density at radius 2 is 2.00 bits per heavy atom. The molecule has 0 saturated carbocycles. The summed E-state index contributed by atoms with van der Waals surface area (Å²) >= 11 is 8.92. The van der Waals surface area contributed by atoms with Crippen molar-refractivity contribution in [3.63, 3.8) is 0 Å². The molecule has 0 atom stereocenters. The summed E-state index contributed by atoms with van der Waals surface area (Å²) in [6.45, 7) is 4.45. The van der Waals surface area contributed by atoms with E-state index in [0.717, 1.165) is 29.2 Å². The zero-order valence-corrected chi connectivity index (χ0v) is 19.3. The van der Waals surface area contributed by atoms with Crippen LogP contribution in [-0.4, -0.2) is 60.9 Å². The van der Waals surface area contributed by atoms with E-state index in [1.54, 1.807) is 22.7 Å². The van der Waals surface area contributed by atoms with Gasteiger partial charge in [0.15, 0.2) is 5.13 Å². The maximum atomic E-state index is 13.6. The first-order chi connectivity index (χ1) is 15.1. The fraction of sp³-hybridized carbons (Fsp3) is 0.364. The molecule has 2 aromatic carbocycles. The summed E-state index contributed by atoms with van der Waals surface area (Å²) in [7, 11) is 0. The zero-order valence-electron chi connectivity index (χ0n) is 16.9. The molecule has 164 valence electrons. The highest BCUT2D eigenvalue weighted by molar-refractivity contribution is 7.99. The molecule has 31 heavy (non-hydrogen) atoms. The van der Waals surface area contributed by atoms with Crippen LogP contribution in [0.2, 0.25) is 5.02 Å². The van der Waals surface area contributed by atoms with Crippen molar-refractivity contribution < 1.29 is 13.9 Å². The lowest BCUT2D eigenvalue weighted by Crippen LogP contribution is -2.43. The number of anilines is 1. The van der Waals surface area contributed by atoms with Gasteiger partial charge in [0.1, 0.15) is 5.82 Å². The number of hydrogen-bond acceptors (Lipinski definition) is 6. The molecule has 0 radical (unpaired) electrons. The number of fused-ring (bicyclic) bond motifs is 1. The van der Waals surface area contributed by atoms with E-state index in [9.17, 15) is 9.18 Å². The highest BCUT2D eigenvalue weighted by atomic mass is 35.5. The van der Waals surface area contributed by atoms with E-state index >= 15 is 0 Å². The average molecular weight is 480 g/mol. The van der Waals surface area contributed by atoms with E-state index < -0.39 is 0 Å². The van der Waals surface area contributed by atoms with Crippen LogP contribution in [0.25, 0.3) is 10.2 Å². The largest absolute Gasteiger partial charge is 0.379 e. The van der Waals surface area contributed by atoms with Gasteiger partial charge in [-0.2, -0.15) is 0 Å². The third kappa shape index (κ3) is 6.17. The molecule has 0 aliphatic carbocycles. The Bertz CT molecular complexity index is 1030. The number of nitrogens with zero attached hydrogens (tertiary/aromatic N) is 3. The predicted molar refractivity (Wildman–Crippen MR) is 126 cm³/mol. The van der Waals surface area contributed by atoms with Crippen molar-refractivity contribution in [2.24, 2.45) is 0 Å². The number of thioether (sulfide) groups is 1. The Labute approximate surface area is 194 Å². The van der Waals surface area contributed by atoms with E-state index in [-0.39, 0.29) is 11.7 Å². The lowest BCUT2D eigenvalue weighted by molar-refractivity contribution is -0.118. The van der Waals surface area contributed by atoms with Crippen LogP contribution in [0.3, 0.4) is 0 Å². The Morgan fingerprint density at radius 3 is 2.77 bits per heavy atom. The molecule has 0 unspecified atom stereocenters. The number of benzene rings is 2. The molecule has 9 heteroatoms. The molecule has 1 aromatic heterocycles. The molecule has 1 aliphatic heterocycles. The summed E-state index contributed by atoms with van der Waals surface area (Å²) in [5, 5.41) is 1.32. The smallest absolute Gasteiger partial charge is 0.229 e. The predicted octanol–water partition coefficient (Wildman–Crippen LogP) is 4.94. The molecule has 5 nitrogen and oxygen atoms in total. The maximum Gasteiger partial charge on any atom is 0.229 e. The van der Waals surface area contributed by atoms with Gasteiger partial charge in [0.05, 0.1) is 23.4 Å². The fourth-order valence-corrected chi connectivity index (χ4v) is 5.32. The Balaban J connectivity index is 1.44. The van der Waals surface area contributed by atoms with E-state index in [0.29, 0.717) is 47.6 Å². The van der Waals surface area contributed by atoms with Gasteiger partial charge < -0.3 is 4.74 Å². The average Bonchev–Trinajstić information content (AvgIpc) is 3.19. The van der Waals surface area contributed by atoms with Gasteiger partial charge in [0, 0.05) is 48.3 Å². The summed E-state index contributed by atoms with van der Waals surface area (Å²) in [4.78, 5) is 22.9. The topological polar surface area (TPSA) is 45.7 Å². The number of halogens is 2. The van der Waals surface area contributed by atoms with Crippen molar-refractivity contribution in [3.8, 4) is 0 Å². The number of aromatic nitrogens is 1. The van der Waals surface area contributed by atoms with Gasteiger partial charge in [-0.3, -0.25) is 14.6 Å². The van der Waals surface area contributed by atoms with E-state index in [1.807, 2.05) is 24.3 Å². The number of carbonyl (C=O) groups excluding carboxylic acids is 1. The number of morpholine rings is 1. The lowest BCUT2D eigenvalue weighted by atomic mass is 10.3. The molecule has 1 fully saturated rings. The Hall–Kier alpha value is -1.71. The monoisotopic (exact) mass is 479 g/mol. The normalized spacial score (nSPS) is 14.8. The highest BCUT2D eigenvalue weighted by Gasteiger charge is 2.21. The van der Waals surface area contributed by atoms with E-state index in [4.69, 9.17) is 16.3 Å². The molecule has 0 bridgehead atoms. The second kappa shape index (κ2) is 10.7. The molecule has 0 N–H and O–H groups in total. The zero-order chi connectivity index (χ0) is 21.6. The van der Waals surface area contributed by atoms with Crippen molar-refractivity contribution >= 4 is 56.0 Å². The summed E-state index contributed by atoms with van der Waals surface area (Å²) in [6, 6.07) is 12.1. The molecule has 4 rings (SSSR count). The quantitative estimate of drug-likeness (QED) is 0.428. The number of amides is 1. The van der Waals surface area contributed by atoms with Crippen LogP contribution >= 0.6 is 34.7 Å². The van der Waals surface area contributed by atoms with Crippen molar-refractivity contribution in [3.05, 3.63) is 53.3 Å². The van der Waals surface area contributed by atoms with Crippen LogP contribution in [0.4, 0.5) is 9.52 Å². The van der Waals surface area contributed by atoms with E-state index in [1.165, 1.54) is 23.5 Å². The van der Waals surface area contributed by atoms with Crippen LogP contribution in [0.5, 0.6) is 0 Å². The number of hydrogen-bond donors (Lipinski definition) is 0. The highest BCUT2D eigenvalue weighted by Crippen LogP contribution is 2.30. The summed E-state index contributed by atoms with van der Waals surface area (Å²) in [6.07, 6.45) is 0.390. The van der Waals surface area contributed by atoms with Crippen LogP contribution < -0.4 is 4.90 Å². The molecule has 1 amide bonds. The third-order valence-corrected chi connectivity index (χ3v) is 7.32. The number of ether oxygens (including phenoxy) is 1. The third-order valence-electron chi connectivity index (χ3n) is 5.01. The standard InChI is InChI=1S/C22H23ClFN3O2S2/c23-16-1-4-18(5-2-16)30-14-7-21(28)27(9-8-26-10-12-29-13-11-26)22-25-19-6-3-17(24)15-20(19)31-22/h1-6,15H,7-14H2. The van der Waals surface area contributed by atoms with Gasteiger partial charge in [0.25, 0.3) is 0 Å². The minimum atomic E-state index is -0.298. The summed E-state index contributed by atoms with van der Waals surface area (Å²) in [5.74, 6) is 0.385. The molecular weight excluding hydrogens is 457 g/mol. The summed E-state index contributed by atoms with van der Waals surface area (Å²) < 4.78 is 19.8. The van der Waals surface area contributed by atoms with Crippen LogP contribution in [-0.2, 0) is 9.53 Å². The van der Waals surface area contributed by atoms with Crippen molar-refractivity contribution in [1.82, 2.24) is 9.88 Å². The molecule has 1 aliphatic rings. The second-order valence-corrected chi connectivity index (χ2v) is 9.77. The van der Waals surface area contributed by atoms with Gasteiger partial charge in [-0.1, -0.05) is 22.9 Å². The molecule has 0 spiro atoms. The van der Waals surface area contributed by atoms with Gasteiger partial charge in [-0.15, -0.1) is 11.8 Å². The number of carbonyl (C=O) groups is 1. The molecule has 3 aromatic rings.